The predicted molar refractivity (Wildman–Crippen MR) is 80.0 cm³/mol. The van der Waals surface area contributed by atoms with Gasteiger partial charge in [-0.25, -0.2) is 9.59 Å². The first kappa shape index (κ1) is 15.4. The number of hydrogen-bond donors (Lipinski definition) is 3. The van der Waals surface area contributed by atoms with Crippen molar-refractivity contribution in [2.24, 2.45) is 5.92 Å². The molecule has 5 nitrogen and oxygen atoms in total. The summed E-state index contributed by atoms with van der Waals surface area (Å²) in [6.45, 7) is 2.13. The van der Waals surface area contributed by atoms with Crippen molar-refractivity contribution in [3.8, 4) is 0 Å². The van der Waals surface area contributed by atoms with Crippen molar-refractivity contribution in [1.82, 2.24) is 10.6 Å². The van der Waals surface area contributed by atoms with Gasteiger partial charge in [0.15, 0.2) is 0 Å². The van der Waals surface area contributed by atoms with E-state index in [0.717, 1.165) is 18.4 Å². The lowest BCUT2D eigenvalue weighted by Crippen LogP contribution is -2.52. The zero-order valence-electron chi connectivity index (χ0n) is 12.2. The minimum absolute atomic E-state index is 0.184. The van der Waals surface area contributed by atoms with E-state index >= 15 is 0 Å². The first-order valence-electron chi connectivity index (χ1n) is 7.38. The highest BCUT2D eigenvalue weighted by atomic mass is 16.4. The predicted octanol–water partition coefficient (Wildman–Crippen LogP) is 2.17. The van der Waals surface area contributed by atoms with Crippen LogP contribution in [0, 0.1) is 5.92 Å². The van der Waals surface area contributed by atoms with Gasteiger partial charge in [0.2, 0.25) is 0 Å². The maximum atomic E-state index is 11.8. The van der Waals surface area contributed by atoms with Gasteiger partial charge in [0, 0.05) is 6.04 Å². The molecule has 0 aromatic heterocycles. The van der Waals surface area contributed by atoms with Crippen LogP contribution in [-0.4, -0.2) is 29.2 Å². The van der Waals surface area contributed by atoms with E-state index in [1.165, 1.54) is 0 Å². The van der Waals surface area contributed by atoms with Crippen LogP contribution in [0.3, 0.4) is 0 Å². The Labute approximate surface area is 124 Å². The maximum Gasteiger partial charge on any atom is 0.326 e. The van der Waals surface area contributed by atoms with Crippen molar-refractivity contribution in [3.05, 3.63) is 35.9 Å². The minimum atomic E-state index is -0.997. The second-order valence-corrected chi connectivity index (χ2v) is 5.81. The Balaban J connectivity index is 1.78. The fourth-order valence-corrected chi connectivity index (χ4v) is 2.62. The molecular weight excluding hydrogens is 268 g/mol. The van der Waals surface area contributed by atoms with Crippen molar-refractivity contribution in [2.75, 3.05) is 0 Å². The van der Waals surface area contributed by atoms with E-state index in [1.54, 1.807) is 0 Å². The van der Waals surface area contributed by atoms with Gasteiger partial charge >= 0.3 is 12.0 Å². The average Bonchev–Trinajstić information content (AvgIpc) is 2.42. The van der Waals surface area contributed by atoms with Gasteiger partial charge in [0.25, 0.3) is 0 Å². The Kier molecular flexibility index (Phi) is 5.20. The second-order valence-electron chi connectivity index (χ2n) is 5.81. The highest BCUT2D eigenvalue weighted by molar-refractivity contribution is 5.82. The van der Waals surface area contributed by atoms with E-state index in [9.17, 15) is 14.7 Å². The Morgan fingerprint density at radius 3 is 2.52 bits per heavy atom. The third-order valence-electron chi connectivity index (χ3n) is 3.88. The molecule has 0 saturated heterocycles. The fourth-order valence-electron chi connectivity index (χ4n) is 2.62. The number of aryl methyl sites for hydroxylation is 1. The summed E-state index contributed by atoms with van der Waals surface area (Å²) in [4.78, 5) is 23.0. The molecule has 3 N–H and O–H groups in total. The third kappa shape index (κ3) is 4.77. The standard InChI is InChI=1S/C16H22N2O3/c1-11-9-13(10-11)17-16(21)18-14(15(19)20)8-7-12-5-3-2-4-6-12/h2-6,11,13-14H,7-10H2,1H3,(H,19,20)(H2,17,18,21). The van der Waals surface area contributed by atoms with Gasteiger partial charge in [-0.1, -0.05) is 37.3 Å². The summed E-state index contributed by atoms with van der Waals surface area (Å²) in [6, 6.07) is 8.61. The molecule has 1 aliphatic rings. The molecule has 0 bridgehead atoms. The van der Waals surface area contributed by atoms with E-state index in [-0.39, 0.29) is 12.1 Å². The molecule has 5 heteroatoms. The number of carboxylic acid groups (broad SMARTS) is 1. The summed E-state index contributed by atoms with van der Waals surface area (Å²) < 4.78 is 0. The van der Waals surface area contributed by atoms with Gasteiger partial charge in [-0.3, -0.25) is 0 Å². The molecule has 0 spiro atoms. The molecule has 1 unspecified atom stereocenters. The zero-order chi connectivity index (χ0) is 15.2. The first-order valence-corrected chi connectivity index (χ1v) is 7.38. The van der Waals surface area contributed by atoms with Crippen LogP contribution in [0.5, 0.6) is 0 Å². The molecule has 1 atom stereocenters. The summed E-state index contributed by atoms with van der Waals surface area (Å²) >= 11 is 0. The Hall–Kier alpha value is -2.04. The van der Waals surface area contributed by atoms with Crippen LogP contribution in [0.4, 0.5) is 4.79 Å². The molecule has 1 aromatic carbocycles. The quantitative estimate of drug-likeness (QED) is 0.751. The van der Waals surface area contributed by atoms with Crippen molar-refractivity contribution >= 4 is 12.0 Å². The molecule has 21 heavy (non-hydrogen) atoms. The number of nitrogens with one attached hydrogen (secondary N) is 2. The summed E-state index contributed by atoms with van der Waals surface area (Å²) in [5, 5.41) is 14.6. The lowest BCUT2D eigenvalue weighted by atomic mass is 9.82. The number of aliphatic carboxylic acids is 1. The van der Waals surface area contributed by atoms with Crippen molar-refractivity contribution in [3.63, 3.8) is 0 Å². The number of amides is 2. The Morgan fingerprint density at radius 2 is 1.95 bits per heavy atom. The summed E-state index contributed by atoms with van der Waals surface area (Å²) in [5.74, 6) is -0.355. The van der Waals surface area contributed by atoms with Gasteiger partial charge in [-0.2, -0.15) is 0 Å². The SMILES string of the molecule is CC1CC(NC(=O)NC(CCc2ccccc2)C(=O)O)C1. The molecule has 1 aliphatic carbocycles. The van der Waals surface area contributed by atoms with Crippen LogP contribution in [-0.2, 0) is 11.2 Å². The van der Waals surface area contributed by atoms with E-state index in [4.69, 9.17) is 0 Å². The van der Waals surface area contributed by atoms with Crippen LogP contribution in [0.15, 0.2) is 30.3 Å². The van der Waals surface area contributed by atoms with Gasteiger partial charge in [0.1, 0.15) is 6.04 Å². The molecule has 1 fully saturated rings. The molecule has 2 amide bonds. The number of carbonyl (C=O) groups excluding carboxylic acids is 1. The monoisotopic (exact) mass is 290 g/mol. The average molecular weight is 290 g/mol. The number of rotatable bonds is 6. The molecule has 1 aromatic rings. The molecule has 114 valence electrons. The summed E-state index contributed by atoms with van der Waals surface area (Å²) in [6.07, 6.45) is 2.94. The minimum Gasteiger partial charge on any atom is -0.480 e. The number of hydrogen-bond acceptors (Lipinski definition) is 2. The Morgan fingerprint density at radius 1 is 1.29 bits per heavy atom. The highest BCUT2D eigenvalue weighted by Crippen LogP contribution is 2.26. The molecule has 1 saturated carbocycles. The van der Waals surface area contributed by atoms with Gasteiger partial charge < -0.3 is 15.7 Å². The molecule has 0 heterocycles. The van der Waals surface area contributed by atoms with Crippen LogP contribution < -0.4 is 10.6 Å². The van der Waals surface area contributed by atoms with Crippen LogP contribution in [0.1, 0.15) is 31.7 Å². The lowest BCUT2D eigenvalue weighted by Gasteiger charge is -2.33. The second kappa shape index (κ2) is 7.11. The molecular formula is C16H22N2O3. The third-order valence-corrected chi connectivity index (χ3v) is 3.88. The summed E-state index contributed by atoms with van der Waals surface area (Å²) in [5.41, 5.74) is 1.07. The van der Waals surface area contributed by atoms with Crippen molar-refractivity contribution in [1.29, 1.82) is 0 Å². The van der Waals surface area contributed by atoms with Crippen LogP contribution in [0.25, 0.3) is 0 Å². The van der Waals surface area contributed by atoms with Gasteiger partial charge in [-0.15, -0.1) is 0 Å². The zero-order valence-corrected chi connectivity index (χ0v) is 12.2. The molecule has 0 radical (unpaired) electrons. The van der Waals surface area contributed by atoms with Crippen LogP contribution in [0.2, 0.25) is 0 Å². The van der Waals surface area contributed by atoms with Crippen molar-refractivity contribution < 1.29 is 14.7 Å². The maximum absolute atomic E-state index is 11.8. The van der Waals surface area contributed by atoms with E-state index in [0.29, 0.717) is 18.8 Å². The van der Waals surface area contributed by atoms with Gasteiger partial charge in [0.05, 0.1) is 0 Å². The van der Waals surface area contributed by atoms with E-state index in [1.807, 2.05) is 30.3 Å². The normalized spacial score (nSPS) is 22.0. The van der Waals surface area contributed by atoms with Gasteiger partial charge in [-0.05, 0) is 37.2 Å². The number of urea groups is 1. The Bertz CT molecular complexity index is 484. The highest BCUT2D eigenvalue weighted by Gasteiger charge is 2.28. The lowest BCUT2D eigenvalue weighted by molar-refractivity contribution is -0.139. The number of benzene rings is 1. The number of carbonyl (C=O) groups is 2. The smallest absolute Gasteiger partial charge is 0.326 e. The fraction of sp³-hybridized carbons (Fsp3) is 0.500. The number of carboxylic acids is 1. The van der Waals surface area contributed by atoms with E-state index in [2.05, 4.69) is 17.6 Å². The largest absolute Gasteiger partial charge is 0.480 e. The van der Waals surface area contributed by atoms with Crippen LogP contribution >= 0.6 is 0 Å². The first-order chi connectivity index (χ1) is 10.0. The molecule has 0 aliphatic heterocycles. The topological polar surface area (TPSA) is 78.4 Å². The molecule has 2 rings (SSSR count). The van der Waals surface area contributed by atoms with E-state index < -0.39 is 12.0 Å². The van der Waals surface area contributed by atoms with Crippen molar-refractivity contribution in [2.45, 2.75) is 44.7 Å². The summed E-state index contributed by atoms with van der Waals surface area (Å²) in [7, 11) is 0.